The number of nitrogens with one attached hydrogen (secondary N) is 2. The molecule has 1 saturated heterocycles. The summed E-state index contributed by atoms with van der Waals surface area (Å²) in [5.74, 6) is -1.25. The monoisotopic (exact) mass is 453 g/mol. The lowest BCUT2D eigenvalue weighted by molar-refractivity contribution is -0.140. The van der Waals surface area contributed by atoms with Crippen LogP contribution in [0.2, 0.25) is 0 Å². The number of benzene rings is 2. The normalized spacial score (nSPS) is 14.9. The van der Waals surface area contributed by atoms with Gasteiger partial charge in [-0.25, -0.2) is 4.79 Å². The summed E-state index contributed by atoms with van der Waals surface area (Å²) >= 11 is 0. The molecule has 0 aliphatic carbocycles. The minimum atomic E-state index is -0.691. The first-order chi connectivity index (χ1) is 16.0. The summed E-state index contributed by atoms with van der Waals surface area (Å²) in [5, 5.41) is 5.39. The molecule has 0 bridgehead atoms. The summed E-state index contributed by atoms with van der Waals surface area (Å²) in [5.41, 5.74) is 1.44. The van der Waals surface area contributed by atoms with E-state index in [1.54, 1.807) is 24.3 Å². The maximum absolute atomic E-state index is 13.0. The molecule has 9 heteroatoms. The largest absolute Gasteiger partial charge is 0.469 e. The van der Waals surface area contributed by atoms with Crippen molar-refractivity contribution in [2.45, 2.75) is 31.9 Å². The van der Waals surface area contributed by atoms with E-state index < -0.39 is 24.0 Å². The first-order valence-corrected chi connectivity index (χ1v) is 10.7. The fraction of sp³-hybridized carbons (Fsp3) is 0.333. The smallest absolute Gasteiger partial charge is 0.410 e. The third-order valence-corrected chi connectivity index (χ3v) is 5.27. The zero-order valence-corrected chi connectivity index (χ0v) is 18.4. The molecular weight excluding hydrogens is 426 g/mol. The van der Waals surface area contributed by atoms with Crippen molar-refractivity contribution in [2.24, 2.45) is 0 Å². The van der Waals surface area contributed by atoms with Crippen LogP contribution in [0.25, 0.3) is 0 Å². The Morgan fingerprint density at radius 1 is 1.03 bits per heavy atom. The van der Waals surface area contributed by atoms with Crippen molar-refractivity contribution in [3.05, 3.63) is 65.7 Å². The van der Waals surface area contributed by atoms with Gasteiger partial charge in [-0.3, -0.25) is 19.3 Å². The highest BCUT2D eigenvalue weighted by Gasteiger charge is 2.35. The van der Waals surface area contributed by atoms with Crippen molar-refractivity contribution in [3.8, 4) is 0 Å². The van der Waals surface area contributed by atoms with Gasteiger partial charge >= 0.3 is 12.1 Å². The summed E-state index contributed by atoms with van der Waals surface area (Å²) < 4.78 is 9.94. The maximum Gasteiger partial charge on any atom is 0.410 e. The van der Waals surface area contributed by atoms with Crippen LogP contribution >= 0.6 is 0 Å². The molecule has 33 heavy (non-hydrogen) atoms. The van der Waals surface area contributed by atoms with Crippen molar-refractivity contribution < 1.29 is 28.7 Å². The van der Waals surface area contributed by atoms with E-state index in [1.807, 2.05) is 30.3 Å². The van der Waals surface area contributed by atoms with Crippen molar-refractivity contribution in [3.63, 3.8) is 0 Å². The molecule has 1 aliphatic rings. The van der Waals surface area contributed by atoms with E-state index in [9.17, 15) is 19.2 Å². The van der Waals surface area contributed by atoms with Crippen molar-refractivity contribution in [1.29, 1.82) is 0 Å². The van der Waals surface area contributed by atoms with E-state index in [1.165, 1.54) is 12.0 Å². The number of hydrogen-bond acceptors (Lipinski definition) is 6. The van der Waals surface area contributed by atoms with Gasteiger partial charge in [0.25, 0.3) is 5.91 Å². The Labute approximate surface area is 192 Å². The number of esters is 1. The van der Waals surface area contributed by atoms with Crippen LogP contribution in [0.15, 0.2) is 54.6 Å². The second-order valence-corrected chi connectivity index (χ2v) is 7.51. The number of carbonyl (C=O) groups excluding carboxylic acids is 4. The van der Waals surface area contributed by atoms with E-state index in [0.29, 0.717) is 25.1 Å². The van der Waals surface area contributed by atoms with E-state index in [2.05, 4.69) is 15.4 Å². The van der Waals surface area contributed by atoms with Crippen LogP contribution in [0.1, 0.15) is 35.2 Å². The highest BCUT2D eigenvalue weighted by atomic mass is 16.6. The number of amides is 3. The predicted molar refractivity (Wildman–Crippen MR) is 120 cm³/mol. The minimum Gasteiger partial charge on any atom is -0.469 e. The van der Waals surface area contributed by atoms with Gasteiger partial charge in [0.2, 0.25) is 5.91 Å². The molecule has 0 aromatic heterocycles. The Morgan fingerprint density at radius 2 is 1.76 bits per heavy atom. The third-order valence-electron chi connectivity index (χ3n) is 5.27. The molecule has 0 saturated carbocycles. The van der Waals surface area contributed by atoms with Gasteiger partial charge < -0.3 is 20.1 Å². The minimum absolute atomic E-state index is 0.0406. The standard InChI is InChI=1S/C24H27N3O6/c1-32-21(28)13-14-25-22(29)18-10-5-6-11-19(18)26-23(30)20-12-7-15-27(20)24(31)33-16-17-8-3-2-4-9-17/h2-6,8-11,20H,7,12-16H2,1H3,(H,25,29)(H,26,30)/t20-/m0/s1. The van der Waals surface area contributed by atoms with Gasteiger partial charge in [-0.2, -0.15) is 0 Å². The molecule has 3 amide bonds. The van der Waals surface area contributed by atoms with E-state index in [-0.39, 0.29) is 31.0 Å². The van der Waals surface area contributed by atoms with Crippen molar-refractivity contribution in [2.75, 3.05) is 25.5 Å². The Balaban J connectivity index is 1.60. The van der Waals surface area contributed by atoms with Gasteiger partial charge in [-0.15, -0.1) is 0 Å². The SMILES string of the molecule is COC(=O)CCNC(=O)c1ccccc1NC(=O)[C@@H]1CCCN1C(=O)OCc1ccccc1. The van der Waals surface area contributed by atoms with E-state index >= 15 is 0 Å². The van der Waals surface area contributed by atoms with Gasteiger partial charge in [0.05, 0.1) is 24.8 Å². The fourth-order valence-electron chi connectivity index (χ4n) is 3.54. The van der Waals surface area contributed by atoms with Crippen LogP contribution in [0.3, 0.4) is 0 Å². The van der Waals surface area contributed by atoms with Crippen LogP contribution in [-0.2, 0) is 25.7 Å². The first-order valence-electron chi connectivity index (χ1n) is 10.7. The number of ether oxygens (including phenoxy) is 2. The van der Waals surface area contributed by atoms with Crippen LogP contribution in [0.4, 0.5) is 10.5 Å². The first kappa shape index (κ1) is 23.8. The average Bonchev–Trinajstić information content (AvgIpc) is 3.33. The molecule has 174 valence electrons. The molecule has 1 atom stereocenters. The fourth-order valence-corrected chi connectivity index (χ4v) is 3.54. The molecule has 9 nitrogen and oxygen atoms in total. The van der Waals surface area contributed by atoms with Gasteiger partial charge in [-0.05, 0) is 30.5 Å². The van der Waals surface area contributed by atoms with E-state index in [4.69, 9.17) is 4.74 Å². The molecule has 0 radical (unpaired) electrons. The van der Waals surface area contributed by atoms with Gasteiger partial charge in [0, 0.05) is 13.1 Å². The van der Waals surface area contributed by atoms with Crippen LogP contribution in [-0.4, -0.2) is 55.0 Å². The Hall–Kier alpha value is -3.88. The van der Waals surface area contributed by atoms with Gasteiger partial charge in [-0.1, -0.05) is 42.5 Å². The lowest BCUT2D eigenvalue weighted by Crippen LogP contribution is -2.43. The summed E-state index contributed by atoms with van der Waals surface area (Å²) in [4.78, 5) is 50.7. The molecule has 1 heterocycles. The molecule has 0 spiro atoms. The molecule has 1 aliphatic heterocycles. The van der Waals surface area contributed by atoms with E-state index in [0.717, 1.165) is 5.56 Å². The van der Waals surface area contributed by atoms with Crippen LogP contribution in [0.5, 0.6) is 0 Å². The zero-order valence-electron chi connectivity index (χ0n) is 18.4. The van der Waals surface area contributed by atoms with Gasteiger partial charge in [0.15, 0.2) is 0 Å². The highest BCUT2D eigenvalue weighted by molar-refractivity contribution is 6.05. The number of methoxy groups -OCH3 is 1. The Bertz CT molecular complexity index is 995. The Morgan fingerprint density at radius 3 is 2.52 bits per heavy atom. The second-order valence-electron chi connectivity index (χ2n) is 7.51. The summed E-state index contributed by atoms with van der Waals surface area (Å²) in [6, 6.07) is 15.2. The summed E-state index contributed by atoms with van der Waals surface area (Å²) in [6.45, 7) is 0.651. The van der Waals surface area contributed by atoms with Crippen LogP contribution in [0, 0.1) is 0 Å². The Kier molecular flexibility index (Phi) is 8.40. The number of carbonyl (C=O) groups is 4. The van der Waals surface area contributed by atoms with Crippen molar-refractivity contribution in [1.82, 2.24) is 10.2 Å². The lowest BCUT2D eigenvalue weighted by atomic mass is 10.1. The van der Waals surface area contributed by atoms with Crippen molar-refractivity contribution >= 4 is 29.6 Å². The molecule has 1 fully saturated rings. The lowest BCUT2D eigenvalue weighted by Gasteiger charge is -2.23. The van der Waals surface area contributed by atoms with Crippen LogP contribution < -0.4 is 10.6 Å². The molecular formula is C24H27N3O6. The number of rotatable bonds is 8. The number of nitrogens with zero attached hydrogens (tertiary/aromatic N) is 1. The number of likely N-dealkylation sites (tertiary alicyclic amines) is 1. The topological polar surface area (TPSA) is 114 Å². The number of para-hydroxylation sites is 1. The third kappa shape index (κ3) is 6.55. The highest BCUT2D eigenvalue weighted by Crippen LogP contribution is 2.22. The second kappa shape index (κ2) is 11.7. The number of hydrogen-bond donors (Lipinski definition) is 2. The zero-order chi connectivity index (χ0) is 23.6. The molecule has 2 aromatic carbocycles. The van der Waals surface area contributed by atoms with Gasteiger partial charge in [0.1, 0.15) is 12.6 Å². The number of anilines is 1. The molecule has 0 unspecified atom stereocenters. The quantitative estimate of drug-likeness (QED) is 0.594. The molecule has 2 aromatic rings. The average molecular weight is 453 g/mol. The molecule has 3 rings (SSSR count). The summed E-state index contributed by atoms with van der Waals surface area (Å²) in [6.07, 6.45) is 0.665. The maximum atomic E-state index is 13.0. The summed E-state index contributed by atoms with van der Waals surface area (Å²) in [7, 11) is 1.28. The predicted octanol–water partition coefficient (Wildman–Crippen LogP) is 2.72. The molecule has 2 N–H and O–H groups in total.